The van der Waals surface area contributed by atoms with Gasteiger partial charge >= 0.3 is 6.09 Å². The number of nitrogens with one attached hydrogen (secondary N) is 1. The minimum Gasteiger partial charge on any atom is -0.445 e. The lowest BCUT2D eigenvalue weighted by Crippen LogP contribution is -2.47. The number of benzene rings is 2. The van der Waals surface area contributed by atoms with Crippen LogP contribution in [0.15, 0.2) is 54.6 Å². The Labute approximate surface area is 129 Å². The molecule has 4 heteroatoms. The molecule has 0 heterocycles. The molecule has 1 fully saturated rings. The van der Waals surface area contributed by atoms with Crippen LogP contribution in [0.5, 0.6) is 0 Å². The second-order valence-corrected chi connectivity index (χ2v) is 5.34. The van der Waals surface area contributed by atoms with Gasteiger partial charge in [-0.1, -0.05) is 54.6 Å². The molecule has 1 saturated carbocycles. The van der Waals surface area contributed by atoms with Crippen molar-refractivity contribution in [2.45, 2.75) is 25.5 Å². The summed E-state index contributed by atoms with van der Waals surface area (Å²) in [5.41, 5.74) is 3.18. The Hall–Kier alpha value is -2.62. The fourth-order valence-electron chi connectivity index (χ4n) is 2.32. The van der Waals surface area contributed by atoms with Crippen molar-refractivity contribution in [3.63, 3.8) is 0 Å². The SMILES string of the molecule is O=C(N[C@H]1CCC1=O)OCc1ccc(-c2ccccc2)cc1. The van der Waals surface area contributed by atoms with Crippen LogP contribution < -0.4 is 5.32 Å². The Morgan fingerprint density at radius 1 is 1.05 bits per heavy atom. The second-order valence-electron chi connectivity index (χ2n) is 5.34. The van der Waals surface area contributed by atoms with Crippen LogP contribution in [0.2, 0.25) is 0 Å². The van der Waals surface area contributed by atoms with Crippen LogP contribution in [0.25, 0.3) is 11.1 Å². The van der Waals surface area contributed by atoms with Crippen molar-refractivity contribution in [3.8, 4) is 11.1 Å². The number of ketones is 1. The first kappa shape index (κ1) is 14.3. The molecule has 1 N–H and O–H groups in total. The zero-order valence-corrected chi connectivity index (χ0v) is 12.1. The smallest absolute Gasteiger partial charge is 0.408 e. The molecule has 0 radical (unpaired) electrons. The van der Waals surface area contributed by atoms with E-state index in [4.69, 9.17) is 4.74 Å². The lowest BCUT2D eigenvalue weighted by atomic mass is 9.91. The molecule has 1 atom stereocenters. The van der Waals surface area contributed by atoms with E-state index in [9.17, 15) is 9.59 Å². The Kier molecular flexibility index (Phi) is 4.19. The first-order valence-electron chi connectivity index (χ1n) is 7.33. The Morgan fingerprint density at radius 2 is 1.73 bits per heavy atom. The van der Waals surface area contributed by atoms with Gasteiger partial charge in [-0.05, 0) is 23.1 Å². The number of hydrogen-bond donors (Lipinski definition) is 1. The topological polar surface area (TPSA) is 55.4 Å². The van der Waals surface area contributed by atoms with E-state index in [1.54, 1.807) is 0 Å². The molecule has 1 aliphatic carbocycles. The van der Waals surface area contributed by atoms with Crippen LogP contribution >= 0.6 is 0 Å². The highest BCUT2D eigenvalue weighted by atomic mass is 16.5. The zero-order chi connectivity index (χ0) is 15.4. The molecule has 3 rings (SSSR count). The molecule has 0 aliphatic heterocycles. The van der Waals surface area contributed by atoms with E-state index in [2.05, 4.69) is 17.4 Å². The van der Waals surface area contributed by atoms with Crippen LogP contribution in [-0.4, -0.2) is 17.9 Å². The van der Waals surface area contributed by atoms with Gasteiger partial charge in [0.15, 0.2) is 5.78 Å². The number of carbonyl (C=O) groups excluding carboxylic acids is 2. The van der Waals surface area contributed by atoms with Gasteiger partial charge in [0.2, 0.25) is 0 Å². The average molecular weight is 295 g/mol. The second kappa shape index (κ2) is 6.43. The summed E-state index contributed by atoms with van der Waals surface area (Å²) in [6.45, 7) is 0.196. The van der Waals surface area contributed by atoms with Crippen molar-refractivity contribution >= 4 is 11.9 Å². The molecule has 2 aromatic carbocycles. The lowest BCUT2D eigenvalue weighted by molar-refractivity contribution is -0.126. The quantitative estimate of drug-likeness (QED) is 0.941. The third kappa shape index (κ3) is 3.34. The standard InChI is InChI=1S/C18H17NO3/c20-17-11-10-16(17)19-18(21)22-12-13-6-8-15(9-7-13)14-4-2-1-3-5-14/h1-9,16H,10-12H2,(H,19,21)/t16-/m0/s1. The number of carbonyl (C=O) groups is 2. The van der Waals surface area contributed by atoms with Crippen LogP contribution in [0.1, 0.15) is 18.4 Å². The largest absolute Gasteiger partial charge is 0.445 e. The summed E-state index contributed by atoms with van der Waals surface area (Å²) in [5, 5.41) is 2.56. The van der Waals surface area contributed by atoms with Crippen molar-refractivity contribution in [1.82, 2.24) is 5.32 Å². The molecule has 0 aromatic heterocycles. The maximum Gasteiger partial charge on any atom is 0.408 e. The number of Topliss-reactive ketones (excluding diaryl/α,β-unsaturated/α-hetero) is 1. The molecule has 4 nitrogen and oxygen atoms in total. The van der Waals surface area contributed by atoms with Crippen LogP contribution in [0.4, 0.5) is 4.79 Å². The minimum atomic E-state index is -0.537. The Bertz CT molecular complexity index is 664. The zero-order valence-electron chi connectivity index (χ0n) is 12.1. The molecule has 0 spiro atoms. The van der Waals surface area contributed by atoms with Crippen molar-refractivity contribution < 1.29 is 14.3 Å². The van der Waals surface area contributed by atoms with Gasteiger partial charge in [-0.2, -0.15) is 0 Å². The summed E-state index contributed by atoms with van der Waals surface area (Å²) in [6, 6.07) is 17.6. The van der Waals surface area contributed by atoms with Crippen molar-refractivity contribution in [1.29, 1.82) is 0 Å². The number of alkyl carbamates (subject to hydrolysis) is 1. The number of rotatable bonds is 4. The molecule has 1 aliphatic rings. The van der Waals surface area contributed by atoms with Gasteiger partial charge in [0, 0.05) is 6.42 Å². The molecule has 0 saturated heterocycles. The van der Waals surface area contributed by atoms with Gasteiger partial charge in [-0.25, -0.2) is 4.79 Å². The predicted octanol–water partition coefficient (Wildman–Crippen LogP) is 3.31. The van der Waals surface area contributed by atoms with Gasteiger partial charge in [0.1, 0.15) is 6.61 Å². The molecular formula is C18H17NO3. The van der Waals surface area contributed by atoms with Crippen molar-refractivity contribution in [3.05, 3.63) is 60.2 Å². The van der Waals surface area contributed by atoms with E-state index >= 15 is 0 Å². The molecule has 1 amide bonds. The summed E-state index contributed by atoms with van der Waals surface area (Å²) < 4.78 is 5.13. The molecule has 22 heavy (non-hydrogen) atoms. The van der Waals surface area contributed by atoms with Gasteiger partial charge in [0.25, 0.3) is 0 Å². The summed E-state index contributed by atoms with van der Waals surface area (Å²) in [4.78, 5) is 22.7. The molecule has 0 bridgehead atoms. The fraction of sp³-hybridized carbons (Fsp3) is 0.222. The first-order valence-corrected chi connectivity index (χ1v) is 7.33. The highest BCUT2D eigenvalue weighted by Crippen LogP contribution is 2.19. The average Bonchev–Trinajstić information content (AvgIpc) is 2.58. The van der Waals surface area contributed by atoms with Crippen LogP contribution in [0, 0.1) is 0 Å². The van der Waals surface area contributed by atoms with E-state index < -0.39 is 6.09 Å². The third-order valence-corrected chi connectivity index (χ3v) is 3.79. The molecular weight excluding hydrogens is 278 g/mol. The van der Waals surface area contributed by atoms with Gasteiger partial charge in [-0.3, -0.25) is 4.79 Å². The third-order valence-electron chi connectivity index (χ3n) is 3.79. The highest BCUT2D eigenvalue weighted by Gasteiger charge is 2.29. The van der Waals surface area contributed by atoms with Crippen LogP contribution in [-0.2, 0) is 16.1 Å². The van der Waals surface area contributed by atoms with Crippen LogP contribution in [0.3, 0.4) is 0 Å². The van der Waals surface area contributed by atoms with Crippen molar-refractivity contribution in [2.75, 3.05) is 0 Å². The number of hydrogen-bond acceptors (Lipinski definition) is 3. The monoisotopic (exact) mass is 295 g/mol. The number of amides is 1. The van der Waals surface area contributed by atoms with Gasteiger partial charge in [0.05, 0.1) is 6.04 Å². The lowest BCUT2D eigenvalue weighted by Gasteiger charge is -2.24. The van der Waals surface area contributed by atoms with E-state index in [1.165, 1.54) is 0 Å². The van der Waals surface area contributed by atoms with Gasteiger partial charge in [-0.15, -0.1) is 0 Å². The summed E-state index contributed by atoms with van der Waals surface area (Å²) in [6.07, 6.45) is 0.719. The fourth-order valence-corrected chi connectivity index (χ4v) is 2.32. The maximum absolute atomic E-state index is 11.6. The van der Waals surface area contributed by atoms with Gasteiger partial charge < -0.3 is 10.1 Å². The summed E-state index contributed by atoms with van der Waals surface area (Å²) in [7, 11) is 0. The normalized spacial score (nSPS) is 16.7. The summed E-state index contributed by atoms with van der Waals surface area (Å²) >= 11 is 0. The minimum absolute atomic E-state index is 0.0733. The van der Waals surface area contributed by atoms with E-state index in [0.717, 1.165) is 16.7 Å². The van der Waals surface area contributed by atoms with E-state index in [0.29, 0.717) is 12.8 Å². The van der Waals surface area contributed by atoms with E-state index in [1.807, 2.05) is 42.5 Å². The first-order chi connectivity index (χ1) is 10.7. The molecule has 2 aromatic rings. The maximum atomic E-state index is 11.6. The number of ether oxygens (including phenoxy) is 1. The molecule has 112 valence electrons. The van der Waals surface area contributed by atoms with Crippen molar-refractivity contribution in [2.24, 2.45) is 0 Å². The predicted molar refractivity (Wildman–Crippen MR) is 83.2 cm³/mol. The Morgan fingerprint density at radius 3 is 2.32 bits per heavy atom. The van der Waals surface area contributed by atoms with E-state index in [-0.39, 0.29) is 18.4 Å². The molecule has 0 unspecified atom stereocenters. The Balaban J connectivity index is 1.53. The highest BCUT2D eigenvalue weighted by molar-refractivity contribution is 5.92. The summed E-state index contributed by atoms with van der Waals surface area (Å²) in [5.74, 6) is 0.0733.